The largest absolute Gasteiger partial charge is 0.396 e. The first-order valence-corrected chi connectivity index (χ1v) is 4.45. The Labute approximate surface area is 90.5 Å². The molecule has 0 aliphatic heterocycles. The minimum Gasteiger partial charge on any atom is -0.396 e. The minimum atomic E-state index is -1.66. The summed E-state index contributed by atoms with van der Waals surface area (Å²) in [5, 5.41) is 27.0. The molecule has 0 radical (unpaired) electrons. The highest BCUT2D eigenvalue weighted by Crippen LogP contribution is 2.25. The van der Waals surface area contributed by atoms with Crippen LogP contribution in [0, 0.1) is 23.0 Å². The number of rotatable bonds is 3. The third-order valence-corrected chi connectivity index (χ3v) is 2.10. The van der Waals surface area contributed by atoms with Gasteiger partial charge in [-0.05, 0) is 6.07 Å². The van der Waals surface area contributed by atoms with Crippen molar-refractivity contribution in [3.8, 4) is 6.07 Å². The fourth-order valence-electron chi connectivity index (χ4n) is 1.22. The van der Waals surface area contributed by atoms with Crippen molar-refractivity contribution < 1.29 is 19.0 Å². The van der Waals surface area contributed by atoms with Crippen LogP contribution in [0.15, 0.2) is 12.1 Å². The van der Waals surface area contributed by atoms with Crippen LogP contribution in [0.2, 0.25) is 0 Å². The molecule has 86 valence electrons. The van der Waals surface area contributed by atoms with Crippen molar-refractivity contribution in [1.82, 2.24) is 0 Å². The van der Waals surface area contributed by atoms with Crippen molar-refractivity contribution in [2.45, 2.75) is 18.6 Å². The van der Waals surface area contributed by atoms with E-state index in [0.29, 0.717) is 12.1 Å². The molecule has 2 atom stereocenters. The van der Waals surface area contributed by atoms with Crippen LogP contribution in [0.1, 0.15) is 18.1 Å². The number of hydrogen-bond donors (Lipinski definition) is 3. The molecule has 2 unspecified atom stereocenters. The Bertz CT molecular complexity index is 432. The van der Waals surface area contributed by atoms with Crippen molar-refractivity contribution in [3.05, 3.63) is 29.3 Å². The number of nitrogens with zero attached hydrogens (tertiary/aromatic N) is 1. The summed E-state index contributed by atoms with van der Waals surface area (Å²) < 4.78 is 26.3. The van der Waals surface area contributed by atoms with Crippen molar-refractivity contribution in [3.63, 3.8) is 0 Å². The Morgan fingerprint density at radius 3 is 2.50 bits per heavy atom. The summed E-state index contributed by atoms with van der Waals surface area (Å²) in [5.74, 6) is -1.82. The van der Waals surface area contributed by atoms with Crippen molar-refractivity contribution in [1.29, 1.82) is 5.26 Å². The van der Waals surface area contributed by atoms with E-state index < -0.39 is 29.4 Å². The molecular formula is C10H10F2N2O2. The van der Waals surface area contributed by atoms with Gasteiger partial charge in [0.2, 0.25) is 0 Å². The molecular weight excluding hydrogens is 218 g/mol. The highest BCUT2D eigenvalue weighted by atomic mass is 19.1. The van der Waals surface area contributed by atoms with Crippen LogP contribution in [0.25, 0.3) is 0 Å². The molecule has 0 aliphatic carbocycles. The smallest absolute Gasteiger partial charge is 0.146 e. The van der Waals surface area contributed by atoms with Crippen LogP contribution >= 0.6 is 0 Å². The Balaban J connectivity index is 3.04. The van der Waals surface area contributed by atoms with Gasteiger partial charge in [-0.25, -0.2) is 8.78 Å². The number of aliphatic hydroxyl groups excluding tert-OH is 2. The highest BCUT2D eigenvalue weighted by molar-refractivity contribution is 5.43. The Hall–Kier alpha value is -1.71. The molecule has 0 saturated heterocycles. The number of halogens is 2. The number of hydrogen-bond acceptors (Lipinski definition) is 4. The van der Waals surface area contributed by atoms with Crippen LogP contribution < -0.4 is 5.73 Å². The average Bonchev–Trinajstić information content (AvgIpc) is 2.23. The summed E-state index contributed by atoms with van der Waals surface area (Å²) in [5.41, 5.74) is 4.31. The lowest BCUT2D eigenvalue weighted by Crippen LogP contribution is -2.19. The van der Waals surface area contributed by atoms with Crippen LogP contribution in [0.3, 0.4) is 0 Å². The molecule has 0 spiro atoms. The molecule has 6 heteroatoms. The predicted molar refractivity (Wildman–Crippen MR) is 52.0 cm³/mol. The molecule has 0 amide bonds. The lowest BCUT2D eigenvalue weighted by molar-refractivity contribution is 0.0193. The van der Waals surface area contributed by atoms with Crippen LogP contribution in [0.4, 0.5) is 14.5 Å². The van der Waals surface area contributed by atoms with Gasteiger partial charge in [-0.1, -0.05) is 0 Å². The van der Waals surface area contributed by atoms with E-state index in [2.05, 4.69) is 0 Å². The maximum atomic E-state index is 13.3. The van der Waals surface area contributed by atoms with Crippen molar-refractivity contribution in [2.75, 3.05) is 5.73 Å². The maximum Gasteiger partial charge on any atom is 0.146 e. The molecule has 0 aliphatic rings. The van der Waals surface area contributed by atoms with E-state index in [4.69, 9.17) is 11.0 Å². The lowest BCUT2D eigenvalue weighted by atomic mass is 10.0. The summed E-state index contributed by atoms with van der Waals surface area (Å²) >= 11 is 0. The zero-order valence-corrected chi connectivity index (χ0v) is 8.19. The summed E-state index contributed by atoms with van der Waals surface area (Å²) in [6.07, 6.45) is -3.51. The van der Waals surface area contributed by atoms with E-state index >= 15 is 0 Å². The van der Waals surface area contributed by atoms with Crippen molar-refractivity contribution in [2.24, 2.45) is 0 Å². The van der Waals surface area contributed by atoms with Crippen LogP contribution in [-0.2, 0) is 0 Å². The van der Waals surface area contributed by atoms with Gasteiger partial charge >= 0.3 is 0 Å². The summed E-state index contributed by atoms with van der Waals surface area (Å²) in [7, 11) is 0. The van der Waals surface area contributed by atoms with Gasteiger partial charge in [-0.2, -0.15) is 5.26 Å². The second-order valence-electron chi connectivity index (χ2n) is 3.27. The molecule has 1 rings (SSSR count). The number of nitrogen functional groups attached to an aromatic ring is 1. The van der Waals surface area contributed by atoms with Gasteiger partial charge in [0.05, 0.1) is 24.3 Å². The topological polar surface area (TPSA) is 90.3 Å². The molecule has 0 fully saturated rings. The van der Waals surface area contributed by atoms with Gasteiger partial charge in [-0.3, -0.25) is 0 Å². The van der Waals surface area contributed by atoms with Crippen molar-refractivity contribution >= 4 is 5.69 Å². The summed E-state index contributed by atoms with van der Waals surface area (Å²) in [6, 6.07) is 3.03. The molecule has 1 aromatic carbocycles. The second kappa shape index (κ2) is 4.88. The number of aliphatic hydroxyl groups is 2. The van der Waals surface area contributed by atoms with Crippen LogP contribution in [-0.4, -0.2) is 16.3 Å². The standard InChI is InChI=1S/C10H10F2N2O2/c11-6-4-8(14)7(12)3-5(6)10(16)9(15)1-2-13/h3-4,9-10,15-16H,1,14H2. The van der Waals surface area contributed by atoms with E-state index in [1.165, 1.54) is 0 Å². The number of anilines is 1. The highest BCUT2D eigenvalue weighted by Gasteiger charge is 2.22. The summed E-state index contributed by atoms with van der Waals surface area (Å²) in [4.78, 5) is 0. The van der Waals surface area contributed by atoms with Gasteiger partial charge in [-0.15, -0.1) is 0 Å². The zero-order chi connectivity index (χ0) is 12.3. The molecule has 0 heterocycles. The molecule has 1 aromatic rings. The van der Waals surface area contributed by atoms with Crippen LogP contribution in [0.5, 0.6) is 0 Å². The second-order valence-corrected chi connectivity index (χ2v) is 3.27. The predicted octanol–water partition coefficient (Wildman–Crippen LogP) is 0.855. The third kappa shape index (κ3) is 2.45. The molecule has 0 saturated carbocycles. The zero-order valence-electron chi connectivity index (χ0n) is 8.19. The fraction of sp³-hybridized carbons (Fsp3) is 0.300. The Morgan fingerprint density at radius 2 is 1.94 bits per heavy atom. The molecule has 0 aromatic heterocycles. The van der Waals surface area contributed by atoms with E-state index in [-0.39, 0.29) is 12.1 Å². The Kier molecular flexibility index (Phi) is 3.77. The minimum absolute atomic E-state index is 0.382. The molecule has 4 N–H and O–H groups in total. The first-order valence-electron chi connectivity index (χ1n) is 4.45. The fourth-order valence-corrected chi connectivity index (χ4v) is 1.22. The molecule has 0 bridgehead atoms. The van der Waals surface area contributed by atoms with E-state index in [0.717, 1.165) is 0 Å². The number of benzene rings is 1. The van der Waals surface area contributed by atoms with Gasteiger partial charge in [0.1, 0.15) is 17.7 Å². The van der Waals surface area contributed by atoms with E-state index in [9.17, 15) is 19.0 Å². The normalized spacial score (nSPS) is 14.2. The third-order valence-electron chi connectivity index (χ3n) is 2.10. The average molecular weight is 228 g/mol. The lowest BCUT2D eigenvalue weighted by Gasteiger charge is -2.16. The van der Waals surface area contributed by atoms with Gasteiger partial charge in [0.15, 0.2) is 0 Å². The first kappa shape index (κ1) is 12.4. The maximum absolute atomic E-state index is 13.3. The Morgan fingerprint density at radius 1 is 1.31 bits per heavy atom. The number of nitriles is 1. The SMILES string of the molecule is N#CCC(O)C(O)c1cc(F)c(N)cc1F. The monoisotopic (exact) mass is 228 g/mol. The van der Waals surface area contributed by atoms with Gasteiger partial charge < -0.3 is 15.9 Å². The van der Waals surface area contributed by atoms with Gasteiger partial charge in [0.25, 0.3) is 0 Å². The first-order chi connectivity index (χ1) is 7.47. The van der Waals surface area contributed by atoms with E-state index in [1.807, 2.05) is 0 Å². The quantitative estimate of drug-likeness (QED) is 0.669. The van der Waals surface area contributed by atoms with E-state index in [1.54, 1.807) is 6.07 Å². The molecule has 4 nitrogen and oxygen atoms in total. The molecule has 16 heavy (non-hydrogen) atoms. The summed E-state index contributed by atoms with van der Waals surface area (Å²) in [6.45, 7) is 0. The number of nitrogens with two attached hydrogens (primary N) is 1. The van der Waals surface area contributed by atoms with Gasteiger partial charge in [0, 0.05) is 11.6 Å².